The van der Waals surface area contributed by atoms with Crippen molar-refractivity contribution in [3.63, 3.8) is 0 Å². The van der Waals surface area contributed by atoms with Crippen LogP contribution in [0.15, 0.2) is 36.5 Å². The van der Waals surface area contributed by atoms with Crippen LogP contribution in [0.25, 0.3) is 0 Å². The van der Waals surface area contributed by atoms with Gasteiger partial charge in [0.1, 0.15) is 0 Å². The van der Waals surface area contributed by atoms with Crippen LogP contribution >= 0.6 is 0 Å². The lowest BCUT2D eigenvalue weighted by Crippen LogP contribution is -1.94. The van der Waals surface area contributed by atoms with Crippen LogP contribution < -0.4 is 10.5 Å². The molecular formula is C13H11N3O. The van der Waals surface area contributed by atoms with E-state index in [0.29, 0.717) is 22.9 Å². The number of aromatic nitrogens is 1. The van der Waals surface area contributed by atoms with E-state index < -0.39 is 0 Å². The number of hydrogen-bond acceptors (Lipinski definition) is 4. The first kappa shape index (κ1) is 11.0. The molecular weight excluding hydrogens is 214 g/mol. The number of rotatable bonds is 2. The molecule has 0 unspecified atom stereocenters. The van der Waals surface area contributed by atoms with Crippen LogP contribution in [0.3, 0.4) is 0 Å². The molecule has 0 aliphatic heterocycles. The van der Waals surface area contributed by atoms with E-state index in [1.807, 2.05) is 25.1 Å². The van der Waals surface area contributed by atoms with Crippen LogP contribution in [0, 0.1) is 18.3 Å². The van der Waals surface area contributed by atoms with Crippen LogP contribution in [-0.2, 0) is 0 Å². The standard InChI is InChI=1S/C13H11N3O/c1-9-4-5-16-13(6-9)17-12-3-2-10(8-14)7-11(12)15/h2-7H,15H2,1H3. The lowest BCUT2D eigenvalue weighted by atomic mass is 10.2. The number of pyridine rings is 1. The highest BCUT2D eigenvalue weighted by Gasteiger charge is 2.04. The van der Waals surface area contributed by atoms with Crippen LogP contribution in [-0.4, -0.2) is 4.98 Å². The maximum absolute atomic E-state index is 8.72. The van der Waals surface area contributed by atoms with Crippen LogP contribution in [0.5, 0.6) is 11.6 Å². The van der Waals surface area contributed by atoms with E-state index in [-0.39, 0.29) is 0 Å². The highest BCUT2D eigenvalue weighted by atomic mass is 16.5. The quantitative estimate of drug-likeness (QED) is 0.797. The Morgan fingerprint density at radius 3 is 2.76 bits per heavy atom. The first-order chi connectivity index (χ1) is 8.19. The van der Waals surface area contributed by atoms with Crippen molar-refractivity contribution in [3.05, 3.63) is 47.7 Å². The Morgan fingerprint density at radius 2 is 2.12 bits per heavy atom. The van der Waals surface area contributed by atoms with Crippen molar-refractivity contribution in [2.24, 2.45) is 0 Å². The maximum atomic E-state index is 8.72. The van der Waals surface area contributed by atoms with Gasteiger partial charge in [0.2, 0.25) is 5.88 Å². The van der Waals surface area contributed by atoms with Crippen molar-refractivity contribution >= 4 is 5.69 Å². The van der Waals surface area contributed by atoms with Gasteiger partial charge in [-0.3, -0.25) is 0 Å². The van der Waals surface area contributed by atoms with E-state index in [4.69, 9.17) is 15.7 Å². The van der Waals surface area contributed by atoms with Gasteiger partial charge in [-0.15, -0.1) is 0 Å². The number of nitrogen functional groups attached to an aromatic ring is 1. The van der Waals surface area contributed by atoms with Gasteiger partial charge in [0, 0.05) is 12.3 Å². The summed E-state index contributed by atoms with van der Waals surface area (Å²) in [5, 5.41) is 8.72. The summed E-state index contributed by atoms with van der Waals surface area (Å²) in [7, 11) is 0. The normalized spacial score (nSPS) is 9.65. The largest absolute Gasteiger partial charge is 0.437 e. The summed E-state index contributed by atoms with van der Waals surface area (Å²) in [5.41, 5.74) is 7.77. The number of nitrogens with zero attached hydrogens (tertiary/aromatic N) is 2. The van der Waals surface area contributed by atoms with Gasteiger partial charge in [0.25, 0.3) is 0 Å². The van der Waals surface area contributed by atoms with Gasteiger partial charge in [-0.05, 0) is 36.8 Å². The van der Waals surface area contributed by atoms with Crippen LogP contribution in [0.1, 0.15) is 11.1 Å². The Balaban J connectivity index is 2.28. The molecule has 0 saturated heterocycles. The van der Waals surface area contributed by atoms with Gasteiger partial charge < -0.3 is 10.5 Å². The highest BCUT2D eigenvalue weighted by Crippen LogP contribution is 2.27. The Bertz CT molecular complexity index is 587. The van der Waals surface area contributed by atoms with Gasteiger partial charge in [0.05, 0.1) is 17.3 Å². The summed E-state index contributed by atoms with van der Waals surface area (Å²) in [5.74, 6) is 0.989. The Kier molecular flexibility index (Phi) is 2.93. The molecule has 0 saturated carbocycles. The zero-order valence-electron chi connectivity index (χ0n) is 9.34. The smallest absolute Gasteiger partial charge is 0.219 e. The fraction of sp³-hybridized carbons (Fsp3) is 0.0769. The SMILES string of the molecule is Cc1ccnc(Oc2ccc(C#N)cc2N)c1. The summed E-state index contributed by atoms with van der Waals surface area (Å²) in [6, 6.07) is 10.6. The summed E-state index contributed by atoms with van der Waals surface area (Å²) < 4.78 is 5.54. The number of anilines is 1. The minimum absolute atomic E-state index is 0.423. The fourth-order valence-corrected chi connectivity index (χ4v) is 1.39. The summed E-state index contributed by atoms with van der Waals surface area (Å²) in [6.45, 7) is 1.96. The average molecular weight is 225 g/mol. The molecule has 2 aromatic rings. The number of nitrogens with two attached hydrogens (primary N) is 1. The van der Waals surface area contributed by atoms with Gasteiger partial charge >= 0.3 is 0 Å². The number of aryl methyl sites for hydroxylation is 1. The van der Waals surface area contributed by atoms with Gasteiger partial charge in [0.15, 0.2) is 5.75 Å². The van der Waals surface area contributed by atoms with E-state index in [1.165, 1.54) is 0 Å². The molecule has 1 aromatic carbocycles. The van der Waals surface area contributed by atoms with Gasteiger partial charge in [-0.1, -0.05) is 0 Å². The van der Waals surface area contributed by atoms with Crippen molar-refractivity contribution in [2.45, 2.75) is 6.92 Å². The first-order valence-corrected chi connectivity index (χ1v) is 5.09. The number of nitriles is 1. The van der Waals surface area contributed by atoms with Crippen molar-refractivity contribution in [1.29, 1.82) is 5.26 Å². The molecule has 0 aliphatic rings. The Morgan fingerprint density at radius 1 is 1.29 bits per heavy atom. The fourth-order valence-electron chi connectivity index (χ4n) is 1.39. The lowest BCUT2D eigenvalue weighted by Gasteiger charge is -2.07. The maximum Gasteiger partial charge on any atom is 0.219 e. The molecule has 2 rings (SSSR count). The highest BCUT2D eigenvalue weighted by molar-refractivity contribution is 5.57. The predicted molar refractivity (Wildman–Crippen MR) is 64.6 cm³/mol. The molecule has 0 atom stereocenters. The van der Waals surface area contributed by atoms with Crippen molar-refractivity contribution in [1.82, 2.24) is 4.98 Å². The first-order valence-electron chi connectivity index (χ1n) is 5.09. The van der Waals surface area contributed by atoms with E-state index in [0.717, 1.165) is 5.56 Å². The molecule has 4 nitrogen and oxygen atoms in total. The monoisotopic (exact) mass is 225 g/mol. The van der Waals surface area contributed by atoms with Crippen molar-refractivity contribution in [3.8, 4) is 17.7 Å². The molecule has 0 radical (unpaired) electrons. The minimum Gasteiger partial charge on any atom is -0.437 e. The molecule has 84 valence electrons. The minimum atomic E-state index is 0.423. The van der Waals surface area contributed by atoms with Crippen molar-refractivity contribution < 1.29 is 4.74 Å². The summed E-state index contributed by atoms with van der Waals surface area (Å²) in [4.78, 5) is 4.08. The topological polar surface area (TPSA) is 71.9 Å². The average Bonchev–Trinajstić information content (AvgIpc) is 2.32. The molecule has 1 heterocycles. The predicted octanol–water partition coefficient (Wildman–Crippen LogP) is 2.64. The van der Waals surface area contributed by atoms with Crippen LogP contribution in [0.2, 0.25) is 0 Å². The summed E-state index contributed by atoms with van der Waals surface area (Å²) >= 11 is 0. The van der Waals surface area contributed by atoms with Crippen molar-refractivity contribution in [2.75, 3.05) is 5.73 Å². The second kappa shape index (κ2) is 4.54. The number of benzene rings is 1. The summed E-state index contributed by atoms with van der Waals surface area (Å²) in [6.07, 6.45) is 1.67. The number of ether oxygens (including phenoxy) is 1. The van der Waals surface area contributed by atoms with Crippen LogP contribution in [0.4, 0.5) is 5.69 Å². The van der Waals surface area contributed by atoms with E-state index in [9.17, 15) is 0 Å². The molecule has 0 aliphatic carbocycles. The van der Waals surface area contributed by atoms with Gasteiger partial charge in [-0.25, -0.2) is 4.98 Å². The third kappa shape index (κ3) is 2.52. The molecule has 2 N–H and O–H groups in total. The number of hydrogen-bond donors (Lipinski definition) is 1. The zero-order valence-corrected chi connectivity index (χ0v) is 9.34. The molecule has 0 fully saturated rings. The van der Waals surface area contributed by atoms with E-state index >= 15 is 0 Å². The zero-order chi connectivity index (χ0) is 12.3. The molecule has 0 spiro atoms. The second-order valence-corrected chi connectivity index (χ2v) is 3.64. The lowest BCUT2D eigenvalue weighted by molar-refractivity contribution is 0.464. The second-order valence-electron chi connectivity index (χ2n) is 3.64. The van der Waals surface area contributed by atoms with E-state index in [1.54, 1.807) is 24.4 Å². The molecule has 17 heavy (non-hydrogen) atoms. The molecule has 0 bridgehead atoms. The molecule has 1 aromatic heterocycles. The molecule has 0 amide bonds. The molecule has 4 heteroatoms. The van der Waals surface area contributed by atoms with E-state index in [2.05, 4.69) is 4.98 Å². The van der Waals surface area contributed by atoms with Gasteiger partial charge in [-0.2, -0.15) is 5.26 Å². The Labute approximate surface area is 99.3 Å². The third-order valence-corrected chi connectivity index (χ3v) is 2.24. The third-order valence-electron chi connectivity index (χ3n) is 2.24. The Hall–Kier alpha value is -2.54.